The van der Waals surface area contributed by atoms with Gasteiger partial charge in [-0.3, -0.25) is 0 Å². The molecule has 0 saturated carbocycles. The maximum Gasteiger partial charge on any atom is 0.130 e. The number of nitrogens with two attached hydrogens (primary N) is 1. The number of halogens is 2. The van der Waals surface area contributed by atoms with Gasteiger partial charge in [0.05, 0.1) is 0 Å². The first kappa shape index (κ1) is 16.3. The van der Waals surface area contributed by atoms with Crippen molar-refractivity contribution in [3.05, 3.63) is 35.4 Å². The smallest absolute Gasteiger partial charge is 0.130 e. The number of hydrogen-bond donors (Lipinski definition) is 1. The van der Waals surface area contributed by atoms with Gasteiger partial charge in [-0.25, -0.2) is 8.78 Å². The van der Waals surface area contributed by atoms with Gasteiger partial charge in [0, 0.05) is 30.3 Å². The van der Waals surface area contributed by atoms with Crippen molar-refractivity contribution in [3.63, 3.8) is 0 Å². The molecule has 0 aliphatic carbocycles. The lowest BCUT2D eigenvalue weighted by atomic mass is 10.0. The summed E-state index contributed by atoms with van der Waals surface area (Å²) in [5.41, 5.74) is 6.48. The highest BCUT2D eigenvalue weighted by molar-refractivity contribution is 5.22. The van der Waals surface area contributed by atoms with E-state index in [2.05, 4.69) is 16.7 Å². The fourth-order valence-electron chi connectivity index (χ4n) is 3.04. The maximum absolute atomic E-state index is 13.7. The Morgan fingerprint density at radius 2 is 2.00 bits per heavy atom. The Morgan fingerprint density at radius 3 is 2.57 bits per heavy atom. The molecule has 0 spiro atoms. The topological polar surface area (TPSA) is 32.5 Å². The van der Waals surface area contributed by atoms with Crippen molar-refractivity contribution in [3.8, 4) is 0 Å². The molecule has 2 rings (SSSR count). The lowest BCUT2D eigenvalue weighted by molar-refractivity contribution is 0.126. The molecule has 0 radical (unpaired) electrons. The maximum atomic E-state index is 13.7. The summed E-state index contributed by atoms with van der Waals surface area (Å²) in [5, 5.41) is 0. The average Bonchev–Trinajstić information content (AvgIpc) is 2.47. The van der Waals surface area contributed by atoms with E-state index < -0.39 is 17.7 Å². The first-order chi connectivity index (χ1) is 10.0. The van der Waals surface area contributed by atoms with E-state index in [-0.39, 0.29) is 0 Å². The molecule has 1 aromatic rings. The van der Waals surface area contributed by atoms with E-state index in [0.717, 1.165) is 38.5 Å². The summed E-state index contributed by atoms with van der Waals surface area (Å²) < 4.78 is 26.7. The van der Waals surface area contributed by atoms with Gasteiger partial charge in [0.25, 0.3) is 0 Å². The molecule has 1 saturated heterocycles. The van der Waals surface area contributed by atoms with Crippen LogP contribution in [-0.2, 0) is 0 Å². The van der Waals surface area contributed by atoms with Crippen LogP contribution in [0.2, 0.25) is 0 Å². The highest BCUT2D eigenvalue weighted by Gasteiger charge is 2.23. The molecule has 118 valence electrons. The minimum Gasteiger partial charge on any atom is -0.323 e. The molecule has 1 atom stereocenters. The van der Waals surface area contributed by atoms with Crippen LogP contribution in [0.5, 0.6) is 0 Å². The highest BCUT2D eigenvalue weighted by atomic mass is 19.1. The highest BCUT2D eigenvalue weighted by Crippen LogP contribution is 2.20. The molecule has 1 heterocycles. The van der Waals surface area contributed by atoms with Crippen molar-refractivity contribution in [2.24, 2.45) is 5.73 Å². The van der Waals surface area contributed by atoms with Crippen LogP contribution in [0, 0.1) is 11.6 Å². The first-order valence-corrected chi connectivity index (χ1v) is 7.64. The van der Waals surface area contributed by atoms with E-state index >= 15 is 0 Å². The first-order valence-electron chi connectivity index (χ1n) is 7.64. The fraction of sp³-hybridized carbons (Fsp3) is 0.625. The van der Waals surface area contributed by atoms with Gasteiger partial charge in [-0.05, 0) is 45.6 Å². The molecule has 0 amide bonds. The minimum atomic E-state index is -0.566. The molecular formula is C16H25F2N3. The molecule has 21 heavy (non-hydrogen) atoms. The Bertz CT molecular complexity index is 459. The van der Waals surface area contributed by atoms with E-state index in [1.165, 1.54) is 12.1 Å². The van der Waals surface area contributed by atoms with Gasteiger partial charge in [0.15, 0.2) is 0 Å². The minimum absolute atomic E-state index is 0.384. The van der Waals surface area contributed by atoms with Crippen molar-refractivity contribution in [2.75, 3.05) is 33.2 Å². The third kappa shape index (κ3) is 4.22. The summed E-state index contributed by atoms with van der Waals surface area (Å²) in [6, 6.07) is 3.66. The molecule has 0 bridgehead atoms. The van der Waals surface area contributed by atoms with Crippen molar-refractivity contribution >= 4 is 0 Å². The lowest BCUT2D eigenvalue weighted by Crippen LogP contribution is -2.45. The Kier molecular flexibility index (Phi) is 5.67. The predicted octanol–water partition coefficient (Wildman–Crippen LogP) is 2.38. The van der Waals surface area contributed by atoms with Crippen molar-refractivity contribution in [1.82, 2.24) is 9.80 Å². The standard InChI is InChI=1S/C16H25F2N3/c1-3-21-8-6-13(7-9-21)20(2)11-16(19)14-5-4-12(17)10-15(14)18/h4-5,10,13,16H,3,6-9,11,19H2,1-2H3. The number of benzene rings is 1. The van der Waals surface area contributed by atoms with E-state index in [1.54, 1.807) is 0 Å². The lowest BCUT2D eigenvalue weighted by Gasteiger charge is -2.37. The SMILES string of the molecule is CCN1CCC(N(C)CC(N)c2ccc(F)cc2F)CC1. The van der Waals surface area contributed by atoms with E-state index in [0.29, 0.717) is 18.2 Å². The van der Waals surface area contributed by atoms with Gasteiger partial charge in [0.2, 0.25) is 0 Å². The monoisotopic (exact) mass is 297 g/mol. The Labute approximate surface area is 125 Å². The Hall–Kier alpha value is -1.04. The van der Waals surface area contributed by atoms with Gasteiger partial charge in [-0.15, -0.1) is 0 Å². The molecule has 3 nitrogen and oxygen atoms in total. The van der Waals surface area contributed by atoms with Crippen LogP contribution in [0.25, 0.3) is 0 Å². The van der Waals surface area contributed by atoms with Crippen LogP contribution in [0.4, 0.5) is 8.78 Å². The summed E-state index contributed by atoms with van der Waals surface area (Å²) in [5.74, 6) is -1.12. The molecular weight excluding hydrogens is 272 g/mol. The zero-order valence-electron chi connectivity index (χ0n) is 12.9. The molecule has 2 N–H and O–H groups in total. The number of likely N-dealkylation sites (tertiary alicyclic amines) is 1. The predicted molar refractivity (Wildman–Crippen MR) is 81.1 cm³/mol. The van der Waals surface area contributed by atoms with Crippen LogP contribution >= 0.6 is 0 Å². The summed E-state index contributed by atoms with van der Waals surface area (Å²) in [6.07, 6.45) is 2.23. The molecule has 1 aromatic carbocycles. The molecule has 0 aromatic heterocycles. The Balaban J connectivity index is 1.91. The molecule has 1 fully saturated rings. The number of hydrogen-bond acceptors (Lipinski definition) is 3. The average molecular weight is 297 g/mol. The molecule has 1 unspecified atom stereocenters. The fourth-order valence-corrected chi connectivity index (χ4v) is 3.04. The normalized spacial score (nSPS) is 19.1. The largest absolute Gasteiger partial charge is 0.323 e. The van der Waals surface area contributed by atoms with Gasteiger partial charge >= 0.3 is 0 Å². The quantitative estimate of drug-likeness (QED) is 0.906. The third-order valence-corrected chi connectivity index (χ3v) is 4.47. The van der Waals surface area contributed by atoms with E-state index in [4.69, 9.17) is 5.73 Å². The van der Waals surface area contributed by atoms with Crippen LogP contribution in [0.1, 0.15) is 31.4 Å². The summed E-state index contributed by atoms with van der Waals surface area (Å²) in [4.78, 5) is 4.64. The van der Waals surface area contributed by atoms with Gasteiger partial charge in [-0.2, -0.15) is 0 Å². The second kappa shape index (κ2) is 7.29. The number of likely N-dealkylation sites (N-methyl/N-ethyl adjacent to an activating group) is 1. The zero-order chi connectivity index (χ0) is 15.4. The van der Waals surface area contributed by atoms with Crippen molar-refractivity contribution in [1.29, 1.82) is 0 Å². The van der Waals surface area contributed by atoms with Crippen LogP contribution < -0.4 is 5.73 Å². The second-order valence-corrected chi connectivity index (χ2v) is 5.88. The summed E-state index contributed by atoms with van der Waals surface area (Å²) in [6.45, 7) is 6.06. The number of nitrogens with zero attached hydrogens (tertiary/aromatic N) is 2. The molecule has 5 heteroatoms. The van der Waals surface area contributed by atoms with E-state index in [1.807, 2.05) is 7.05 Å². The molecule has 1 aliphatic heterocycles. The third-order valence-electron chi connectivity index (χ3n) is 4.47. The summed E-state index contributed by atoms with van der Waals surface area (Å²) >= 11 is 0. The zero-order valence-corrected chi connectivity index (χ0v) is 12.9. The molecule has 1 aliphatic rings. The Morgan fingerprint density at radius 1 is 1.33 bits per heavy atom. The summed E-state index contributed by atoms with van der Waals surface area (Å²) in [7, 11) is 2.04. The van der Waals surface area contributed by atoms with Crippen molar-refractivity contribution < 1.29 is 8.78 Å². The van der Waals surface area contributed by atoms with Crippen LogP contribution in [0.15, 0.2) is 18.2 Å². The van der Waals surface area contributed by atoms with Crippen molar-refractivity contribution in [2.45, 2.75) is 31.8 Å². The van der Waals surface area contributed by atoms with Gasteiger partial charge < -0.3 is 15.5 Å². The van der Waals surface area contributed by atoms with E-state index in [9.17, 15) is 8.78 Å². The van der Waals surface area contributed by atoms with Gasteiger partial charge in [0.1, 0.15) is 11.6 Å². The number of piperidine rings is 1. The van der Waals surface area contributed by atoms with Crippen LogP contribution in [0.3, 0.4) is 0 Å². The van der Waals surface area contributed by atoms with Gasteiger partial charge in [-0.1, -0.05) is 13.0 Å². The second-order valence-electron chi connectivity index (χ2n) is 5.88. The van der Waals surface area contributed by atoms with Crippen LogP contribution in [-0.4, -0.2) is 49.1 Å². The number of rotatable bonds is 5.